The molecule has 7 heteroatoms. The summed E-state index contributed by atoms with van der Waals surface area (Å²) in [6, 6.07) is 74.8. The second kappa shape index (κ2) is 15.8. The molecule has 3 heterocycles. The van der Waals surface area contributed by atoms with Crippen LogP contribution in [0.15, 0.2) is 223 Å². The molecular formula is C60H36N6O. The van der Waals surface area contributed by atoms with Crippen molar-refractivity contribution >= 4 is 54.3 Å². The Hall–Kier alpha value is -9.20. The van der Waals surface area contributed by atoms with Gasteiger partial charge in [0.05, 0.1) is 0 Å². The molecule has 0 saturated carbocycles. The highest BCUT2D eigenvalue weighted by Gasteiger charge is 2.20. The van der Waals surface area contributed by atoms with E-state index in [4.69, 9.17) is 34.3 Å². The van der Waals surface area contributed by atoms with Crippen molar-refractivity contribution in [3.8, 4) is 79.5 Å². The lowest BCUT2D eigenvalue weighted by molar-refractivity contribution is 0.669. The van der Waals surface area contributed by atoms with E-state index in [1.165, 1.54) is 26.9 Å². The van der Waals surface area contributed by atoms with E-state index < -0.39 is 0 Å². The van der Waals surface area contributed by atoms with E-state index in [0.29, 0.717) is 34.9 Å². The van der Waals surface area contributed by atoms with Gasteiger partial charge >= 0.3 is 0 Å². The quantitative estimate of drug-likeness (QED) is 0.147. The normalized spacial score (nSPS) is 11.6. The first-order valence-corrected chi connectivity index (χ1v) is 22.3. The van der Waals surface area contributed by atoms with Crippen molar-refractivity contribution in [2.24, 2.45) is 0 Å². The van der Waals surface area contributed by atoms with Gasteiger partial charge in [0, 0.05) is 44.2 Å². The molecule has 0 fully saturated rings. The highest BCUT2D eigenvalue weighted by molar-refractivity contribution is 6.25. The molecule has 3 aromatic heterocycles. The maximum atomic E-state index is 6.56. The smallest absolute Gasteiger partial charge is 0.164 e. The van der Waals surface area contributed by atoms with Gasteiger partial charge in [0.15, 0.2) is 34.9 Å². The minimum atomic E-state index is 0.561. The Morgan fingerprint density at radius 2 is 0.612 bits per heavy atom. The van der Waals surface area contributed by atoms with Gasteiger partial charge in [-0.3, -0.25) is 0 Å². The molecule has 0 saturated heterocycles. The van der Waals surface area contributed by atoms with Crippen LogP contribution in [0.25, 0.3) is 134 Å². The Balaban J connectivity index is 0.955. The minimum absolute atomic E-state index is 0.561. The fraction of sp³-hybridized carbons (Fsp3) is 0. The molecule has 0 spiro atoms. The summed E-state index contributed by atoms with van der Waals surface area (Å²) in [5.41, 5.74) is 8.95. The zero-order chi connectivity index (χ0) is 44.3. The first-order chi connectivity index (χ1) is 33.2. The van der Waals surface area contributed by atoms with E-state index >= 15 is 0 Å². The number of hydrogen-bond acceptors (Lipinski definition) is 7. The van der Waals surface area contributed by atoms with Crippen LogP contribution in [-0.4, -0.2) is 29.9 Å². The van der Waals surface area contributed by atoms with Crippen molar-refractivity contribution in [1.29, 1.82) is 0 Å². The van der Waals surface area contributed by atoms with Gasteiger partial charge in [0.1, 0.15) is 11.2 Å². The molecule has 0 aliphatic heterocycles. The lowest BCUT2D eigenvalue weighted by atomic mass is 9.93. The van der Waals surface area contributed by atoms with Crippen LogP contribution in [-0.2, 0) is 0 Å². The third kappa shape index (κ3) is 6.76. The van der Waals surface area contributed by atoms with Gasteiger partial charge in [-0.25, -0.2) is 29.9 Å². The van der Waals surface area contributed by atoms with E-state index in [0.717, 1.165) is 71.8 Å². The molecular weight excluding hydrogens is 821 g/mol. The molecule has 0 amide bonds. The number of furan rings is 1. The van der Waals surface area contributed by atoms with E-state index in [-0.39, 0.29) is 0 Å². The lowest BCUT2D eigenvalue weighted by Crippen LogP contribution is -2.00. The Morgan fingerprint density at radius 1 is 0.224 bits per heavy atom. The summed E-state index contributed by atoms with van der Waals surface area (Å²) in [5.74, 6) is 3.58. The Labute approximate surface area is 384 Å². The molecule has 10 aromatic carbocycles. The van der Waals surface area contributed by atoms with Gasteiger partial charge < -0.3 is 4.42 Å². The van der Waals surface area contributed by atoms with Crippen molar-refractivity contribution in [1.82, 2.24) is 29.9 Å². The minimum Gasteiger partial charge on any atom is -0.456 e. The molecule has 0 unspecified atom stereocenters. The summed E-state index contributed by atoms with van der Waals surface area (Å²) in [7, 11) is 0. The topological polar surface area (TPSA) is 90.5 Å². The SMILES string of the molecule is c1ccc(-c2nc(-c3ccccc3)nc(-c3cccc(-c4ccc5oc6cccc(-c7nc(-c8ccccc8)nc(-c8ccc9c%10ccccc%10c%10ccccc%10c9c8)n7)c6c5c4)c3)n2)cc1. The first-order valence-electron chi connectivity index (χ1n) is 22.3. The fourth-order valence-corrected chi connectivity index (χ4v) is 9.36. The number of aromatic nitrogens is 6. The third-order valence-electron chi connectivity index (χ3n) is 12.6. The summed E-state index contributed by atoms with van der Waals surface area (Å²) in [6.45, 7) is 0. The molecule has 7 nitrogen and oxygen atoms in total. The van der Waals surface area contributed by atoms with Crippen molar-refractivity contribution in [2.75, 3.05) is 0 Å². The van der Waals surface area contributed by atoms with Crippen LogP contribution in [0.5, 0.6) is 0 Å². The maximum Gasteiger partial charge on any atom is 0.164 e. The van der Waals surface area contributed by atoms with Crippen LogP contribution in [0.4, 0.5) is 0 Å². The molecule has 13 rings (SSSR count). The fourth-order valence-electron chi connectivity index (χ4n) is 9.36. The molecule has 0 radical (unpaired) electrons. The number of hydrogen-bond donors (Lipinski definition) is 0. The largest absolute Gasteiger partial charge is 0.456 e. The van der Waals surface area contributed by atoms with Crippen LogP contribution in [0.1, 0.15) is 0 Å². The van der Waals surface area contributed by atoms with Crippen molar-refractivity contribution in [2.45, 2.75) is 0 Å². The summed E-state index contributed by atoms with van der Waals surface area (Å²) in [4.78, 5) is 30.5. The Kier molecular flexibility index (Phi) is 9.03. The molecule has 0 bridgehead atoms. The molecule has 67 heavy (non-hydrogen) atoms. The van der Waals surface area contributed by atoms with Gasteiger partial charge in [-0.15, -0.1) is 0 Å². The van der Waals surface area contributed by atoms with Gasteiger partial charge in [-0.2, -0.15) is 0 Å². The molecule has 0 aliphatic rings. The van der Waals surface area contributed by atoms with E-state index in [9.17, 15) is 0 Å². The maximum absolute atomic E-state index is 6.56. The molecule has 13 aromatic rings. The van der Waals surface area contributed by atoms with Crippen LogP contribution >= 0.6 is 0 Å². The molecule has 0 aliphatic carbocycles. The van der Waals surface area contributed by atoms with E-state index in [2.05, 4.69) is 109 Å². The average Bonchev–Trinajstić information content (AvgIpc) is 3.80. The van der Waals surface area contributed by atoms with Crippen molar-refractivity contribution in [3.63, 3.8) is 0 Å². The van der Waals surface area contributed by atoms with Gasteiger partial charge in [0.2, 0.25) is 0 Å². The average molecular weight is 857 g/mol. The lowest BCUT2D eigenvalue weighted by Gasteiger charge is -2.13. The van der Waals surface area contributed by atoms with Crippen LogP contribution in [0, 0.1) is 0 Å². The highest BCUT2D eigenvalue weighted by atomic mass is 16.3. The third-order valence-corrected chi connectivity index (χ3v) is 12.6. The zero-order valence-electron chi connectivity index (χ0n) is 35.9. The van der Waals surface area contributed by atoms with Crippen LogP contribution in [0.2, 0.25) is 0 Å². The van der Waals surface area contributed by atoms with Crippen LogP contribution in [0.3, 0.4) is 0 Å². The van der Waals surface area contributed by atoms with Gasteiger partial charge in [-0.05, 0) is 73.8 Å². The summed E-state index contributed by atoms with van der Waals surface area (Å²) >= 11 is 0. The number of nitrogens with zero attached hydrogens (tertiary/aromatic N) is 6. The molecule has 0 atom stereocenters. The molecule has 312 valence electrons. The molecule has 0 N–H and O–H groups in total. The predicted octanol–water partition coefficient (Wildman–Crippen LogP) is 15.1. The second-order valence-corrected chi connectivity index (χ2v) is 16.6. The van der Waals surface area contributed by atoms with E-state index in [1.807, 2.05) is 109 Å². The Bertz CT molecular complexity index is 3950. The number of rotatable bonds is 7. The van der Waals surface area contributed by atoms with Gasteiger partial charge in [0.25, 0.3) is 0 Å². The second-order valence-electron chi connectivity index (χ2n) is 16.6. The Morgan fingerprint density at radius 3 is 1.18 bits per heavy atom. The summed E-state index contributed by atoms with van der Waals surface area (Å²) < 4.78 is 6.56. The zero-order valence-corrected chi connectivity index (χ0v) is 35.9. The van der Waals surface area contributed by atoms with Crippen LogP contribution < -0.4 is 0 Å². The van der Waals surface area contributed by atoms with Crippen molar-refractivity contribution < 1.29 is 4.42 Å². The predicted molar refractivity (Wildman–Crippen MR) is 271 cm³/mol. The summed E-state index contributed by atoms with van der Waals surface area (Å²) in [5, 5.41) is 9.09. The summed E-state index contributed by atoms with van der Waals surface area (Å²) in [6.07, 6.45) is 0. The highest BCUT2D eigenvalue weighted by Crippen LogP contribution is 2.41. The van der Waals surface area contributed by atoms with Crippen molar-refractivity contribution in [3.05, 3.63) is 218 Å². The monoisotopic (exact) mass is 856 g/mol. The van der Waals surface area contributed by atoms with Gasteiger partial charge in [-0.1, -0.05) is 188 Å². The number of benzene rings is 10. The first kappa shape index (κ1) is 38.3. The van der Waals surface area contributed by atoms with E-state index in [1.54, 1.807) is 0 Å². The number of fused-ring (bicyclic) bond motifs is 9. The standard InChI is InChI=1S/C60H36N6O/c1-4-16-37(17-5-1)55-61-56(38-18-6-2-7-19-38)63-58(62-55)42-23-14-22-40(34-42)41-31-33-52-51(35-41)54-49(28-15-29-53(54)67-52)60-65-57(39-20-8-3-9-21-39)64-59(66-60)43-30-32-48-46-26-11-10-24-44(46)45-25-12-13-27-47(45)50(48)36-43/h1-36H.